The second-order valence-electron chi connectivity index (χ2n) is 9.01. The Hall–Kier alpha value is -4.41. The topological polar surface area (TPSA) is 78.8 Å². The lowest BCUT2D eigenvalue weighted by Crippen LogP contribution is -2.39. The third-order valence-corrected chi connectivity index (χ3v) is 8.48. The van der Waals surface area contributed by atoms with Gasteiger partial charge in [0.05, 0.1) is 27.4 Å². The van der Waals surface area contributed by atoms with Crippen molar-refractivity contribution in [3.05, 3.63) is 119 Å². The van der Waals surface area contributed by atoms with Crippen molar-refractivity contribution in [2.75, 3.05) is 10.8 Å². The highest BCUT2D eigenvalue weighted by molar-refractivity contribution is 7.92. The Labute approximate surface area is 238 Å². The van der Waals surface area contributed by atoms with Gasteiger partial charge >= 0.3 is 6.18 Å². The van der Waals surface area contributed by atoms with Crippen molar-refractivity contribution in [3.63, 3.8) is 0 Å². The van der Waals surface area contributed by atoms with E-state index in [4.69, 9.17) is 11.6 Å². The van der Waals surface area contributed by atoms with Crippen molar-refractivity contribution in [1.82, 2.24) is 5.43 Å². The average molecular weight is 596 g/mol. The molecular weight excluding hydrogens is 575 g/mol. The highest BCUT2D eigenvalue weighted by atomic mass is 35.5. The molecular formula is C30H21ClF3N3O3S. The van der Waals surface area contributed by atoms with E-state index < -0.39 is 39.2 Å². The minimum Gasteiger partial charge on any atom is -0.271 e. The number of alkyl halides is 3. The first-order valence-electron chi connectivity index (χ1n) is 12.2. The maximum absolute atomic E-state index is 13.6. The molecule has 0 heterocycles. The van der Waals surface area contributed by atoms with Crippen LogP contribution < -0.4 is 9.73 Å². The second-order valence-corrected chi connectivity index (χ2v) is 11.3. The fourth-order valence-corrected chi connectivity index (χ4v) is 6.10. The minimum absolute atomic E-state index is 0.206. The third-order valence-electron chi connectivity index (χ3n) is 6.36. The number of hydrogen-bond acceptors (Lipinski definition) is 4. The van der Waals surface area contributed by atoms with Crippen LogP contribution in [0.1, 0.15) is 11.1 Å². The maximum Gasteiger partial charge on any atom is 0.417 e. The number of benzene rings is 5. The van der Waals surface area contributed by atoms with Crippen LogP contribution in [0.3, 0.4) is 0 Å². The van der Waals surface area contributed by atoms with Crippen LogP contribution in [-0.2, 0) is 21.0 Å². The van der Waals surface area contributed by atoms with Crippen molar-refractivity contribution in [1.29, 1.82) is 0 Å². The molecule has 0 aliphatic heterocycles. The first-order chi connectivity index (χ1) is 19.6. The molecule has 1 amide bonds. The molecule has 41 heavy (non-hydrogen) atoms. The van der Waals surface area contributed by atoms with Gasteiger partial charge in [0.2, 0.25) is 0 Å². The number of rotatable bonds is 7. The van der Waals surface area contributed by atoms with Gasteiger partial charge in [-0.3, -0.25) is 9.10 Å². The van der Waals surface area contributed by atoms with Gasteiger partial charge in [-0.2, -0.15) is 18.3 Å². The predicted molar refractivity (Wildman–Crippen MR) is 155 cm³/mol. The van der Waals surface area contributed by atoms with Gasteiger partial charge in [-0.1, -0.05) is 78.3 Å². The van der Waals surface area contributed by atoms with Gasteiger partial charge in [0.25, 0.3) is 15.9 Å². The second kappa shape index (κ2) is 11.2. The van der Waals surface area contributed by atoms with Gasteiger partial charge in [-0.15, -0.1) is 0 Å². The number of halogens is 4. The van der Waals surface area contributed by atoms with E-state index in [1.54, 1.807) is 6.07 Å². The van der Waals surface area contributed by atoms with E-state index in [-0.39, 0.29) is 10.6 Å². The molecule has 0 atom stereocenters. The molecule has 0 spiro atoms. The standard InChI is InChI=1S/C30H21ClF3N3O3S/c31-28-15-14-22(17-27(28)30(32,33)34)37(41(39,40)23-10-2-1-3-11-23)19-29(38)36-35-18-26-24-12-6-4-8-20(24)16-21-9-5-7-13-25(21)26/h1-18H,19H2,(H,36,38). The molecule has 0 saturated heterocycles. The highest BCUT2D eigenvalue weighted by Gasteiger charge is 2.35. The Morgan fingerprint density at radius 1 is 0.854 bits per heavy atom. The number of nitrogens with one attached hydrogen (secondary N) is 1. The molecule has 0 saturated carbocycles. The molecule has 6 nitrogen and oxygen atoms in total. The third kappa shape index (κ3) is 5.89. The molecule has 208 valence electrons. The fourth-order valence-electron chi connectivity index (χ4n) is 4.44. The summed E-state index contributed by atoms with van der Waals surface area (Å²) < 4.78 is 68.3. The van der Waals surface area contributed by atoms with E-state index in [1.165, 1.54) is 30.5 Å². The van der Waals surface area contributed by atoms with Crippen LogP contribution in [0.25, 0.3) is 21.5 Å². The first kappa shape index (κ1) is 28.1. The van der Waals surface area contributed by atoms with Crippen LogP contribution in [0.2, 0.25) is 5.02 Å². The van der Waals surface area contributed by atoms with Crippen molar-refractivity contribution in [3.8, 4) is 0 Å². The quantitative estimate of drug-likeness (QED) is 0.125. The number of carbonyl (C=O) groups excluding carboxylic acids is 1. The molecule has 5 aromatic carbocycles. The molecule has 0 bridgehead atoms. The zero-order chi connectivity index (χ0) is 29.2. The predicted octanol–water partition coefficient (Wildman–Crippen LogP) is 7.01. The van der Waals surface area contributed by atoms with Crippen molar-refractivity contribution < 1.29 is 26.4 Å². The van der Waals surface area contributed by atoms with Crippen LogP contribution in [0.5, 0.6) is 0 Å². The molecule has 11 heteroatoms. The van der Waals surface area contributed by atoms with Crippen LogP contribution in [0, 0.1) is 0 Å². The summed E-state index contributed by atoms with van der Waals surface area (Å²) in [5.74, 6) is -0.867. The summed E-state index contributed by atoms with van der Waals surface area (Å²) in [5, 5.41) is 7.16. The zero-order valence-electron chi connectivity index (χ0n) is 21.1. The lowest BCUT2D eigenvalue weighted by atomic mass is 9.97. The monoisotopic (exact) mass is 595 g/mol. The first-order valence-corrected chi connectivity index (χ1v) is 14.0. The molecule has 5 rings (SSSR count). The minimum atomic E-state index is -4.84. The number of fused-ring (bicyclic) bond motifs is 2. The lowest BCUT2D eigenvalue weighted by molar-refractivity contribution is -0.137. The van der Waals surface area contributed by atoms with E-state index in [0.29, 0.717) is 10.4 Å². The summed E-state index contributed by atoms with van der Waals surface area (Å²) >= 11 is 5.75. The average Bonchev–Trinajstić information content (AvgIpc) is 2.95. The van der Waals surface area contributed by atoms with Crippen molar-refractivity contribution in [2.45, 2.75) is 11.1 Å². The van der Waals surface area contributed by atoms with E-state index in [2.05, 4.69) is 10.5 Å². The Bertz CT molecular complexity index is 1840. The summed E-state index contributed by atoms with van der Waals surface area (Å²) in [7, 11) is -4.45. The lowest BCUT2D eigenvalue weighted by Gasteiger charge is -2.24. The van der Waals surface area contributed by atoms with E-state index in [0.717, 1.165) is 39.2 Å². The molecule has 0 radical (unpaired) electrons. The molecule has 1 N–H and O–H groups in total. The number of carbonyl (C=O) groups is 1. The Morgan fingerprint density at radius 3 is 2.05 bits per heavy atom. The molecule has 0 aliphatic rings. The largest absolute Gasteiger partial charge is 0.417 e. The number of amides is 1. The Morgan fingerprint density at radius 2 is 1.44 bits per heavy atom. The van der Waals surface area contributed by atoms with E-state index >= 15 is 0 Å². The molecule has 0 unspecified atom stereocenters. The van der Waals surface area contributed by atoms with Crippen LogP contribution >= 0.6 is 11.6 Å². The Kier molecular flexibility index (Phi) is 7.70. The summed E-state index contributed by atoms with van der Waals surface area (Å²) in [6, 6.07) is 27.1. The van der Waals surface area contributed by atoms with E-state index in [1.807, 2.05) is 54.6 Å². The number of hydrazone groups is 1. The Balaban J connectivity index is 1.48. The van der Waals surface area contributed by atoms with Gasteiger partial charge in [0.15, 0.2) is 0 Å². The number of nitrogens with zero attached hydrogens (tertiary/aromatic N) is 2. The SMILES string of the molecule is O=C(CN(c1ccc(Cl)c(C(F)(F)F)c1)S(=O)(=O)c1ccccc1)NN=Cc1c2ccccc2cc2ccccc12. The summed E-state index contributed by atoms with van der Waals surface area (Å²) in [4.78, 5) is 12.8. The number of anilines is 1. The summed E-state index contributed by atoms with van der Waals surface area (Å²) in [6.07, 6.45) is -3.38. The van der Waals surface area contributed by atoms with Gasteiger partial charge in [-0.25, -0.2) is 13.8 Å². The highest BCUT2D eigenvalue weighted by Crippen LogP contribution is 2.38. The van der Waals surface area contributed by atoms with Crippen LogP contribution in [-0.4, -0.2) is 27.1 Å². The molecule has 5 aromatic rings. The van der Waals surface area contributed by atoms with Crippen LogP contribution in [0.15, 0.2) is 113 Å². The van der Waals surface area contributed by atoms with Crippen LogP contribution in [0.4, 0.5) is 18.9 Å². The van der Waals surface area contributed by atoms with Gasteiger partial charge < -0.3 is 0 Å². The summed E-state index contributed by atoms with van der Waals surface area (Å²) in [5.41, 5.74) is 1.44. The summed E-state index contributed by atoms with van der Waals surface area (Å²) in [6.45, 7) is -0.843. The number of hydrogen-bond donors (Lipinski definition) is 1. The zero-order valence-corrected chi connectivity index (χ0v) is 22.7. The smallest absolute Gasteiger partial charge is 0.271 e. The van der Waals surface area contributed by atoms with Gasteiger partial charge in [0, 0.05) is 5.56 Å². The molecule has 0 aliphatic carbocycles. The van der Waals surface area contributed by atoms with Crippen molar-refractivity contribution in [2.24, 2.45) is 5.10 Å². The van der Waals surface area contributed by atoms with Gasteiger partial charge in [0.1, 0.15) is 6.54 Å². The fraction of sp³-hybridized carbons (Fsp3) is 0.0667. The maximum atomic E-state index is 13.6. The van der Waals surface area contributed by atoms with E-state index in [9.17, 15) is 26.4 Å². The van der Waals surface area contributed by atoms with Gasteiger partial charge in [-0.05, 0) is 57.9 Å². The molecule has 0 fully saturated rings. The van der Waals surface area contributed by atoms with Crippen molar-refractivity contribution >= 4 is 61.0 Å². The normalized spacial score (nSPS) is 12.2. The molecule has 0 aromatic heterocycles. The number of sulfonamides is 1.